The predicted octanol–water partition coefficient (Wildman–Crippen LogP) is 2.18. The summed E-state index contributed by atoms with van der Waals surface area (Å²) >= 11 is 5.10. The maximum absolute atomic E-state index is 5.77. The maximum atomic E-state index is 5.77. The molecular formula is C15H22N2OS. The fourth-order valence-corrected chi connectivity index (χ4v) is 2.85. The van der Waals surface area contributed by atoms with Crippen LogP contribution in [-0.4, -0.2) is 36.7 Å². The molecule has 0 bridgehead atoms. The van der Waals surface area contributed by atoms with E-state index in [1.54, 1.807) is 0 Å². The van der Waals surface area contributed by atoms with Crippen molar-refractivity contribution in [1.82, 2.24) is 4.90 Å². The molecule has 2 rings (SSSR count). The standard InChI is InChI=1S/C15H22N2OS/c1-17(9-12-5-4-8-18-11-12)10-13-6-2-3-7-14(13)15(16)19/h2-3,6-7,12H,4-5,8-11H2,1H3,(H2,16,19). The van der Waals surface area contributed by atoms with Crippen LogP contribution in [-0.2, 0) is 11.3 Å². The maximum Gasteiger partial charge on any atom is 0.104 e. The number of benzene rings is 1. The molecule has 0 radical (unpaired) electrons. The molecule has 0 saturated carbocycles. The number of rotatable bonds is 5. The summed E-state index contributed by atoms with van der Waals surface area (Å²) in [4.78, 5) is 2.81. The number of nitrogens with two attached hydrogens (primary N) is 1. The Labute approximate surface area is 120 Å². The van der Waals surface area contributed by atoms with Gasteiger partial charge in [0.2, 0.25) is 0 Å². The van der Waals surface area contributed by atoms with Crippen LogP contribution in [0.3, 0.4) is 0 Å². The van der Waals surface area contributed by atoms with Crippen LogP contribution in [0.5, 0.6) is 0 Å². The van der Waals surface area contributed by atoms with E-state index < -0.39 is 0 Å². The highest BCUT2D eigenvalue weighted by Crippen LogP contribution is 2.17. The van der Waals surface area contributed by atoms with Crippen molar-refractivity contribution in [3.8, 4) is 0 Å². The molecule has 1 aromatic carbocycles. The van der Waals surface area contributed by atoms with E-state index in [9.17, 15) is 0 Å². The molecule has 3 nitrogen and oxygen atoms in total. The summed E-state index contributed by atoms with van der Waals surface area (Å²) in [5.74, 6) is 0.649. The summed E-state index contributed by atoms with van der Waals surface area (Å²) in [6.07, 6.45) is 2.45. The lowest BCUT2D eigenvalue weighted by Gasteiger charge is -2.27. The van der Waals surface area contributed by atoms with Crippen LogP contribution in [0.1, 0.15) is 24.0 Å². The van der Waals surface area contributed by atoms with E-state index >= 15 is 0 Å². The lowest BCUT2D eigenvalue weighted by atomic mass is 10.0. The molecule has 19 heavy (non-hydrogen) atoms. The zero-order valence-corrected chi connectivity index (χ0v) is 12.3. The van der Waals surface area contributed by atoms with Gasteiger partial charge in [-0.05, 0) is 31.4 Å². The first-order valence-corrected chi connectivity index (χ1v) is 7.21. The van der Waals surface area contributed by atoms with E-state index in [1.807, 2.05) is 18.2 Å². The number of thiocarbonyl (C=S) groups is 1. The van der Waals surface area contributed by atoms with Crippen molar-refractivity contribution in [2.75, 3.05) is 26.8 Å². The third kappa shape index (κ3) is 4.27. The Morgan fingerprint density at radius 3 is 2.95 bits per heavy atom. The van der Waals surface area contributed by atoms with Gasteiger partial charge in [0.1, 0.15) is 4.99 Å². The Balaban J connectivity index is 1.94. The molecule has 2 N–H and O–H groups in total. The molecule has 1 saturated heterocycles. The first-order valence-electron chi connectivity index (χ1n) is 6.81. The first kappa shape index (κ1) is 14.4. The van der Waals surface area contributed by atoms with Gasteiger partial charge in [0.05, 0.1) is 6.61 Å². The number of hydrogen-bond acceptors (Lipinski definition) is 3. The summed E-state index contributed by atoms with van der Waals surface area (Å²) in [6, 6.07) is 8.11. The molecule has 1 heterocycles. The normalized spacial score (nSPS) is 19.6. The molecule has 104 valence electrons. The van der Waals surface area contributed by atoms with Crippen LogP contribution < -0.4 is 5.73 Å². The van der Waals surface area contributed by atoms with Gasteiger partial charge in [0, 0.05) is 25.3 Å². The van der Waals surface area contributed by atoms with E-state index in [0.29, 0.717) is 10.9 Å². The molecule has 1 aromatic rings. The largest absolute Gasteiger partial charge is 0.389 e. The summed E-state index contributed by atoms with van der Waals surface area (Å²) in [6.45, 7) is 3.75. The van der Waals surface area contributed by atoms with Crippen molar-refractivity contribution in [1.29, 1.82) is 0 Å². The minimum Gasteiger partial charge on any atom is -0.389 e. The quantitative estimate of drug-likeness (QED) is 0.838. The second-order valence-corrected chi connectivity index (χ2v) is 5.74. The fraction of sp³-hybridized carbons (Fsp3) is 0.533. The molecule has 0 spiro atoms. The zero-order valence-electron chi connectivity index (χ0n) is 11.5. The van der Waals surface area contributed by atoms with Gasteiger partial charge in [0.15, 0.2) is 0 Å². The SMILES string of the molecule is CN(Cc1ccccc1C(N)=S)CC1CCCOC1. The molecule has 0 amide bonds. The summed E-state index contributed by atoms with van der Waals surface area (Å²) in [7, 11) is 2.14. The van der Waals surface area contributed by atoms with Crippen molar-refractivity contribution in [2.24, 2.45) is 11.7 Å². The van der Waals surface area contributed by atoms with E-state index in [2.05, 4.69) is 18.0 Å². The molecule has 1 aliphatic heterocycles. The molecule has 0 aliphatic carbocycles. The Hall–Kier alpha value is -0.970. The third-order valence-corrected chi connectivity index (χ3v) is 3.77. The molecule has 0 aromatic heterocycles. The Morgan fingerprint density at radius 2 is 2.26 bits per heavy atom. The van der Waals surface area contributed by atoms with Gasteiger partial charge in [-0.25, -0.2) is 0 Å². The third-order valence-electron chi connectivity index (χ3n) is 3.55. The Morgan fingerprint density at radius 1 is 1.47 bits per heavy atom. The average molecular weight is 278 g/mol. The lowest BCUT2D eigenvalue weighted by molar-refractivity contribution is 0.0411. The van der Waals surface area contributed by atoms with Crippen LogP contribution in [0.2, 0.25) is 0 Å². The fourth-order valence-electron chi connectivity index (χ4n) is 2.65. The second-order valence-electron chi connectivity index (χ2n) is 5.30. The van der Waals surface area contributed by atoms with E-state index in [0.717, 1.165) is 31.9 Å². The van der Waals surface area contributed by atoms with Crippen molar-refractivity contribution < 1.29 is 4.74 Å². The van der Waals surface area contributed by atoms with Crippen molar-refractivity contribution in [3.05, 3.63) is 35.4 Å². The summed E-state index contributed by atoms with van der Waals surface area (Å²) in [5, 5.41) is 0. The zero-order chi connectivity index (χ0) is 13.7. The molecule has 1 unspecified atom stereocenters. The number of hydrogen-bond donors (Lipinski definition) is 1. The second kappa shape index (κ2) is 6.98. The summed E-state index contributed by atoms with van der Waals surface area (Å²) in [5.41, 5.74) is 7.96. The van der Waals surface area contributed by atoms with Gasteiger partial charge in [0.25, 0.3) is 0 Å². The van der Waals surface area contributed by atoms with E-state index in [1.165, 1.54) is 18.4 Å². The highest BCUT2D eigenvalue weighted by Gasteiger charge is 2.16. The lowest BCUT2D eigenvalue weighted by Crippen LogP contribution is -2.31. The van der Waals surface area contributed by atoms with Gasteiger partial charge in [-0.3, -0.25) is 0 Å². The van der Waals surface area contributed by atoms with Crippen LogP contribution >= 0.6 is 12.2 Å². The topological polar surface area (TPSA) is 38.5 Å². The monoisotopic (exact) mass is 278 g/mol. The van der Waals surface area contributed by atoms with Gasteiger partial charge < -0.3 is 15.4 Å². The highest BCUT2D eigenvalue weighted by atomic mass is 32.1. The Kier molecular flexibility index (Phi) is 5.31. The van der Waals surface area contributed by atoms with Crippen LogP contribution in [0.25, 0.3) is 0 Å². The summed E-state index contributed by atoms with van der Waals surface area (Å²) < 4.78 is 5.53. The predicted molar refractivity (Wildman–Crippen MR) is 82.2 cm³/mol. The van der Waals surface area contributed by atoms with Gasteiger partial charge in [-0.15, -0.1) is 0 Å². The Bertz CT molecular complexity index is 430. The van der Waals surface area contributed by atoms with Crippen LogP contribution in [0.15, 0.2) is 24.3 Å². The van der Waals surface area contributed by atoms with E-state index in [4.69, 9.17) is 22.7 Å². The molecule has 1 aliphatic rings. The van der Waals surface area contributed by atoms with Gasteiger partial charge >= 0.3 is 0 Å². The van der Waals surface area contributed by atoms with Crippen LogP contribution in [0, 0.1) is 5.92 Å². The van der Waals surface area contributed by atoms with E-state index in [-0.39, 0.29) is 0 Å². The molecule has 1 atom stereocenters. The molecule has 4 heteroatoms. The first-order chi connectivity index (χ1) is 9.16. The van der Waals surface area contributed by atoms with Crippen molar-refractivity contribution >= 4 is 17.2 Å². The minimum atomic E-state index is 0.477. The van der Waals surface area contributed by atoms with Gasteiger partial charge in [-0.1, -0.05) is 36.5 Å². The van der Waals surface area contributed by atoms with Gasteiger partial charge in [-0.2, -0.15) is 0 Å². The van der Waals surface area contributed by atoms with Crippen molar-refractivity contribution in [2.45, 2.75) is 19.4 Å². The average Bonchev–Trinajstić information content (AvgIpc) is 2.40. The van der Waals surface area contributed by atoms with Crippen molar-refractivity contribution in [3.63, 3.8) is 0 Å². The van der Waals surface area contributed by atoms with Crippen LogP contribution in [0.4, 0.5) is 0 Å². The smallest absolute Gasteiger partial charge is 0.104 e. The number of ether oxygens (including phenoxy) is 1. The minimum absolute atomic E-state index is 0.477. The molecule has 1 fully saturated rings. The molecular weight excluding hydrogens is 256 g/mol. The number of nitrogens with zero attached hydrogens (tertiary/aromatic N) is 1. The highest BCUT2D eigenvalue weighted by molar-refractivity contribution is 7.80.